The quantitative estimate of drug-likeness (QED) is 0.0311. The van der Waals surface area contributed by atoms with E-state index in [4.69, 9.17) is 19.9 Å². The number of nitrogens with two attached hydrogens (primary N) is 1. The zero-order valence-electron chi connectivity index (χ0n) is 35.7. The highest BCUT2D eigenvalue weighted by molar-refractivity contribution is 5.94. The lowest BCUT2D eigenvalue weighted by Crippen LogP contribution is -2.58. The van der Waals surface area contributed by atoms with Crippen LogP contribution in [0.3, 0.4) is 0 Å². The summed E-state index contributed by atoms with van der Waals surface area (Å²) in [4.78, 5) is 85.8. The Bertz CT molecular complexity index is 2330. The highest BCUT2D eigenvalue weighted by atomic mass is 19.1. The minimum Gasteiger partial charge on any atom is -0.481 e. The van der Waals surface area contributed by atoms with Crippen LogP contribution < -0.4 is 21.8 Å². The van der Waals surface area contributed by atoms with Crippen LogP contribution in [0.25, 0.3) is 0 Å². The molecule has 6 N–H and O–H groups in total. The number of esters is 1. The second-order valence-electron chi connectivity index (χ2n) is 15.3. The van der Waals surface area contributed by atoms with Gasteiger partial charge in [0, 0.05) is 18.8 Å². The van der Waals surface area contributed by atoms with E-state index in [-0.39, 0.29) is 25.5 Å². The molecule has 0 radical (unpaired) electrons. The molecule has 2 unspecified atom stereocenters. The van der Waals surface area contributed by atoms with Crippen molar-refractivity contribution in [2.24, 2.45) is 17.6 Å². The number of pyridine rings is 1. The Balaban J connectivity index is 1.53. The predicted octanol–water partition coefficient (Wildman–Crippen LogP) is 5.89. The first-order valence-corrected chi connectivity index (χ1v) is 20.7. The van der Waals surface area contributed by atoms with Gasteiger partial charge in [0.15, 0.2) is 5.78 Å². The number of aliphatic carboxylic acids is 1. The van der Waals surface area contributed by atoms with Crippen LogP contribution in [0.15, 0.2) is 140 Å². The van der Waals surface area contributed by atoms with E-state index in [0.29, 0.717) is 22.3 Å². The van der Waals surface area contributed by atoms with Crippen molar-refractivity contribution in [1.82, 2.24) is 26.1 Å². The van der Waals surface area contributed by atoms with Gasteiger partial charge < -0.3 is 35.7 Å². The Morgan fingerprint density at radius 3 is 1.82 bits per heavy atom. The Hall–Kier alpha value is -7.50. The fourth-order valence-corrected chi connectivity index (χ4v) is 6.75. The van der Waals surface area contributed by atoms with E-state index in [1.54, 1.807) is 105 Å². The molecular weight excluding hydrogens is 840 g/mol. The van der Waals surface area contributed by atoms with E-state index in [9.17, 15) is 33.5 Å². The van der Waals surface area contributed by atoms with Gasteiger partial charge in [-0.25, -0.2) is 28.8 Å². The highest BCUT2D eigenvalue weighted by Crippen LogP contribution is 2.29. The summed E-state index contributed by atoms with van der Waals surface area (Å²) in [5.41, 5.74) is 11.7. The molecule has 1 heterocycles. The van der Waals surface area contributed by atoms with Gasteiger partial charge in [-0.2, -0.15) is 0 Å². The van der Waals surface area contributed by atoms with Crippen molar-refractivity contribution in [2.75, 3.05) is 6.54 Å². The van der Waals surface area contributed by atoms with Crippen LogP contribution in [0.4, 0.5) is 14.0 Å². The Morgan fingerprint density at radius 1 is 0.723 bits per heavy atom. The molecule has 4 aromatic carbocycles. The van der Waals surface area contributed by atoms with Gasteiger partial charge in [0.05, 0.1) is 18.9 Å². The number of carbonyl (C=O) groups is 6. The summed E-state index contributed by atoms with van der Waals surface area (Å²) in [5, 5.41) is 16.3. The SMILES string of the molecule is CC(C)[C@H](NC(=O)OCc1ccccc1)C(=O)NN(Cc1ccc(F)cc1)CC(OC(=O)c1ccccn1)[C@@H](C(=O)[C@H](CC(=O)O)NC(=O)OCc1ccccc1)C(N)c1ccccc1. The number of halogens is 1. The maximum Gasteiger partial charge on any atom is 0.408 e. The number of carboxylic acid groups (broad SMARTS) is 1. The maximum absolute atomic E-state index is 15.0. The van der Waals surface area contributed by atoms with E-state index >= 15 is 4.79 Å². The first-order valence-electron chi connectivity index (χ1n) is 20.7. The van der Waals surface area contributed by atoms with Crippen molar-refractivity contribution in [1.29, 1.82) is 0 Å². The molecule has 5 aromatic rings. The van der Waals surface area contributed by atoms with Crippen LogP contribution in [-0.2, 0) is 48.4 Å². The van der Waals surface area contributed by atoms with E-state index < -0.39 is 90.7 Å². The Labute approximate surface area is 375 Å². The molecule has 0 saturated heterocycles. The van der Waals surface area contributed by atoms with Crippen LogP contribution in [0.5, 0.6) is 0 Å². The fraction of sp³-hybridized carbons (Fsp3) is 0.271. The van der Waals surface area contributed by atoms with Gasteiger partial charge in [0.2, 0.25) is 0 Å². The number of hydrogen-bond donors (Lipinski definition) is 5. The molecule has 5 atom stereocenters. The smallest absolute Gasteiger partial charge is 0.408 e. The summed E-state index contributed by atoms with van der Waals surface area (Å²) in [6.45, 7) is 2.41. The molecule has 5 rings (SSSR count). The number of hydrogen-bond acceptors (Lipinski definition) is 12. The number of Topliss-reactive ketones (excluding diaryl/α,β-unsaturated/α-hetero) is 1. The average Bonchev–Trinajstić information content (AvgIpc) is 3.30. The highest BCUT2D eigenvalue weighted by Gasteiger charge is 2.43. The molecule has 16 nitrogen and oxygen atoms in total. The number of benzene rings is 4. The van der Waals surface area contributed by atoms with Gasteiger partial charge in [0.1, 0.15) is 42.9 Å². The third-order valence-corrected chi connectivity index (χ3v) is 10.1. The van der Waals surface area contributed by atoms with Crippen molar-refractivity contribution >= 4 is 35.8 Å². The number of rotatable bonds is 22. The third kappa shape index (κ3) is 15.4. The van der Waals surface area contributed by atoms with Crippen molar-refractivity contribution in [3.05, 3.63) is 173 Å². The lowest BCUT2D eigenvalue weighted by Gasteiger charge is -2.36. The molecular formula is C48H51FN6O10. The third-order valence-electron chi connectivity index (χ3n) is 10.1. The number of nitrogens with zero attached hydrogens (tertiary/aromatic N) is 2. The van der Waals surface area contributed by atoms with Crippen molar-refractivity contribution in [3.8, 4) is 0 Å². The molecule has 3 amide bonds. The van der Waals surface area contributed by atoms with Gasteiger partial charge in [0.25, 0.3) is 5.91 Å². The molecule has 0 aliphatic rings. The lowest BCUT2D eigenvalue weighted by atomic mass is 9.82. The minimum absolute atomic E-state index is 0.0708. The van der Waals surface area contributed by atoms with Crippen molar-refractivity contribution < 1.29 is 52.5 Å². The van der Waals surface area contributed by atoms with Gasteiger partial charge in [-0.05, 0) is 52.4 Å². The zero-order chi connectivity index (χ0) is 46.7. The van der Waals surface area contributed by atoms with Crippen LogP contribution in [0.2, 0.25) is 0 Å². The number of ketones is 1. The van der Waals surface area contributed by atoms with Crippen molar-refractivity contribution in [3.63, 3.8) is 0 Å². The average molecular weight is 891 g/mol. The van der Waals surface area contributed by atoms with E-state index in [1.807, 2.05) is 6.07 Å². The summed E-state index contributed by atoms with van der Waals surface area (Å²) in [5.74, 6) is -6.83. The fourth-order valence-electron chi connectivity index (χ4n) is 6.75. The van der Waals surface area contributed by atoms with Gasteiger partial charge in [-0.3, -0.25) is 19.8 Å². The molecule has 1 aromatic heterocycles. The molecule has 0 bridgehead atoms. The summed E-state index contributed by atoms with van der Waals surface area (Å²) >= 11 is 0. The standard InChI is InChI=1S/C48H51FN6O10/c1-31(2)43(53-48(62)64-30-34-16-8-4-9-17-34)45(59)54-55(27-32-21-23-36(49)24-22-32)28-39(65-46(60)37-20-12-13-25-51-37)41(42(50)35-18-10-5-11-19-35)44(58)38(26-40(56)57)52-47(61)63-29-33-14-6-3-7-15-33/h3-25,31,38-39,41-43H,26-30,50H2,1-2H3,(H,52,61)(H,53,62)(H,54,59)(H,56,57)/t38-,39?,41+,42?,43-/m0/s1. The molecule has 17 heteroatoms. The van der Waals surface area contributed by atoms with E-state index in [2.05, 4.69) is 21.0 Å². The molecule has 0 saturated carbocycles. The Morgan fingerprint density at radius 2 is 1.28 bits per heavy atom. The summed E-state index contributed by atoms with van der Waals surface area (Å²) in [7, 11) is 0. The van der Waals surface area contributed by atoms with Crippen LogP contribution in [-0.4, -0.2) is 75.6 Å². The number of nitrogens with one attached hydrogen (secondary N) is 3. The topological polar surface area (TPSA) is 229 Å². The van der Waals surface area contributed by atoms with Crippen LogP contribution in [0.1, 0.15) is 59.1 Å². The van der Waals surface area contributed by atoms with Crippen LogP contribution >= 0.6 is 0 Å². The number of hydrazine groups is 1. The first-order chi connectivity index (χ1) is 31.3. The Kier molecular flexibility index (Phi) is 18.2. The van der Waals surface area contributed by atoms with Crippen molar-refractivity contribution in [2.45, 2.75) is 64.3 Å². The maximum atomic E-state index is 15.0. The molecule has 0 spiro atoms. The van der Waals surface area contributed by atoms with E-state index in [0.717, 1.165) is 0 Å². The van der Waals surface area contributed by atoms with Gasteiger partial charge in [-0.15, -0.1) is 0 Å². The molecule has 0 aliphatic carbocycles. The molecule has 65 heavy (non-hydrogen) atoms. The number of alkyl carbamates (subject to hydrolysis) is 2. The minimum atomic E-state index is -1.77. The predicted molar refractivity (Wildman–Crippen MR) is 234 cm³/mol. The van der Waals surface area contributed by atoms with Gasteiger partial charge >= 0.3 is 24.1 Å². The summed E-state index contributed by atoms with van der Waals surface area (Å²) in [6, 6.07) is 31.3. The second kappa shape index (κ2) is 24.4. The van der Waals surface area contributed by atoms with Gasteiger partial charge in [-0.1, -0.05) is 123 Å². The van der Waals surface area contributed by atoms with Crippen LogP contribution in [0, 0.1) is 17.7 Å². The second-order valence-corrected chi connectivity index (χ2v) is 15.3. The molecule has 0 fully saturated rings. The largest absolute Gasteiger partial charge is 0.481 e. The molecule has 340 valence electrons. The number of carboxylic acids is 1. The number of carbonyl (C=O) groups excluding carboxylic acids is 5. The number of amides is 3. The first kappa shape index (κ1) is 48.5. The molecule has 0 aliphatic heterocycles. The number of ether oxygens (including phenoxy) is 3. The van der Waals surface area contributed by atoms with E-state index in [1.165, 1.54) is 47.6 Å². The monoisotopic (exact) mass is 890 g/mol. The number of aromatic nitrogens is 1. The zero-order valence-corrected chi connectivity index (χ0v) is 35.7. The summed E-state index contributed by atoms with van der Waals surface area (Å²) < 4.78 is 31.0. The summed E-state index contributed by atoms with van der Waals surface area (Å²) in [6.07, 6.45) is -3.19. The normalized spacial score (nSPS) is 13.3. The lowest BCUT2D eigenvalue weighted by molar-refractivity contribution is -0.142.